The second-order valence-electron chi connectivity index (χ2n) is 4.19. The van der Waals surface area contributed by atoms with Crippen LogP contribution >= 0.6 is 23.1 Å². The number of thioether (sulfide) groups is 1. The fourth-order valence-electron chi connectivity index (χ4n) is 1.54. The summed E-state index contributed by atoms with van der Waals surface area (Å²) in [6.07, 6.45) is 0. The van der Waals surface area contributed by atoms with Crippen LogP contribution in [0, 0.1) is 29.6 Å². The van der Waals surface area contributed by atoms with Gasteiger partial charge in [0, 0.05) is 5.38 Å². The zero-order valence-corrected chi connectivity index (χ0v) is 13.1. The molecule has 2 heterocycles. The van der Waals surface area contributed by atoms with Crippen molar-refractivity contribution in [2.75, 3.05) is 16.8 Å². The molecule has 0 aliphatic heterocycles. The van der Waals surface area contributed by atoms with Crippen molar-refractivity contribution in [3.05, 3.63) is 28.3 Å². The molecule has 2 aromatic rings. The lowest BCUT2D eigenvalue weighted by Gasteiger charge is -2.03. The van der Waals surface area contributed by atoms with Gasteiger partial charge in [0.05, 0.1) is 11.4 Å². The quantitative estimate of drug-likeness (QED) is 0.813. The minimum Gasteiger partial charge on any atom is -0.301 e. The number of nitrogens with one attached hydrogen (secondary N) is 2. The molecule has 0 atom stereocenters. The van der Waals surface area contributed by atoms with Crippen molar-refractivity contribution in [3.8, 4) is 12.1 Å². The molecule has 0 aliphatic carbocycles. The van der Waals surface area contributed by atoms with Crippen molar-refractivity contribution in [1.29, 1.82) is 10.5 Å². The number of nitrogens with two attached hydrogens (primary N) is 1. The van der Waals surface area contributed by atoms with Gasteiger partial charge in [0.25, 0.3) is 5.82 Å². The van der Waals surface area contributed by atoms with E-state index in [1.54, 1.807) is 0 Å². The first-order valence-corrected chi connectivity index (χ1v) is 7.90. The van der Waals surface area contributed by atoms with Gasteiger partial charge in [0.1, 0.15) is 23.3 Å². The maximum atomic E-state index is 11.9. The van der Waals surface area contributed by atoms with Gasteiger partial charge < -0.3 is 5.32 Å². The lowest BCUT2D eigenvalue weighted by molar-refractivity contribution is -0.410. The number of H-pyrrole nitrogens is 1. The minimum atomic E-state index is -0.237. The SMILES string of the molecule is Cc1csc(NC(=O)CSc2[nH+]c(N)c(C#N)cc2C#N)n1. The van der Waals surface area contributed by atoms with E-state index in [4.69, 9.17) is 16.3 Å². The maximum absolute atomic E-state index is 11.9. The number of hydrogen-bond donors (Lipinski definition) is 2. The van der Waals surface area contributed by atoms with Gasteiger partial charge in [0.15, 0.2) is 10.2 Å². The molecule has 0 radical (unpaired) electrons. The molecule has 22 heavy (non-hydrogen) atoms. The normalized spacial score (nSPS) is 9.77. The summed E-state index contributed by atoms with van der Waals surface area (Å²) in [4.78, 5) is 18.8. The average molecular weight is 331 g/mol. The number of nitrogens with zero attached hydrogens (tertiary/aromatic N) is 3. The summed E-state index contributed by atoms with van der Waals surface area (Å²) in [5.41, 5.74) is 6.99. The van der Waals surface area contributed by atoms with Gasteiger partial charge in [-0.15, -0.1) is 11.3 Å². The molecule has 0 aliphatic rings. The molecule has 2 aromatic heterocycles. The van der Waals surface area contributed by atoms with E-state index in [0.29, 0.717) is 10.2 Å². The number of thiazole rings is 1. The van der Waals surface area contributed by atoms with Crippen LogP contribution in [-0.2, 0) is 4.79 Å². The summed E-state index contributed by atoms with van der Waals surface area (Å²) in [5.74, 6) is 0.0225. The zero-order chi connectivity index (χ0) is 16.1. The number of hydrogen-bond acceptors (Lipinski definition) is 7. The van der Waals surface area contributed by atoms with E-state index in [0.717, 1.165) is 17.5 Å². The number of carbonyl (C=O) groups excluding carboxylic acids is 1. The molecule has 1 amide bonds. The molecule has 0 bridgehead atoms. The smallest absolute Gasteiger partial charge is 0.289 e. The number of carbonyl (C=O) groups is 1. The van der Waals surface area contributed by atoms with Gasteiger partial charge in [-0.3, -0.25) is 10.5 Å². The van der Waals surface area contributed by atoms with Crippen LogP contribution in [-0.4, -0.2) is 16.6 Å². The summed E-state index contributed by atoms with van der Waals surface area (Å²) < 4.78 is 0. The molecule has 0 unspecified atom stereocenters. The Labute approximate surface area is 134 Å². The van der Waals surface area contributed by atoms with E-state index in [1.807, 2.05) is 24.4 Å². The Morgan fingerprint density at radius 2 is 2.23 bits per heavy atom. The number of aromatic nitrogens is 2. The number of pyridine rings is 1. The van der Waals surface area contributed by atoms with Crippen molar-refractivity contribution < 1.29 is 9.78 Å². The van der Waals surface area contributed by atoms with Gasteiger partial charge in [-0.05, 0) is 13.0 Å². The second kappa shape index (κ2) is 6.89. The van der Waals surface area contributed by atoms with Gasteiger partial charge in [-0.1, -0.05) is 11.8 Å². The zero-order valence-electron chi connectivity index (χ0n) is 11.5. The highest BCUT2D eigenvalue weighted by Gasteiger charge is 2.16. The van der Waals surface area contributed by atoms with E-state index in [2.05, 4.69) is 15.3 Å². The third-order valence-electron chi connectivity index (χ3n) is 2.53. The Hall–Kier alpha value is -2.62. The van der Waals surface area contributed by atoms with Crippen molar-refractivity contribution >= 4 is 40.0 Å². The average Bonchev–Trinajstić information content (AvgIpc) is 2.90. The summed E-state index contributed by atoms with van der Waals surface area (Å²) in [5, 5.41) is 23.5. The van der Waals surface area contributed by atoms with Crippen LogP contribution in [0.5, 0.6) is 0 Å². The predicted molar refractivity (Wildman–Crippen MR) is 83.0 cm³/mol. The van der Waals surface area contributed by atoms with Crippen LogP contribution in [0.1, 0.15) is 16.8 Å². The van der Waals surface area contributed by atoms with E-state index in [1.165, 1.54) is 17.4 Å². The molecule has 0 aromatic carbocycles. The molecule has 110 valence electrons. The molecule has 9 heteroatoms. The van der Waals surface area contributed by atoms with Crippen molar-refractivity contribution in [1.82, 2.24) is 4.98 Å². The largest absolute Gasteiger partial charge is 0.301 e. The highest BCUT2D eigenvalue weighted by Crippen LogP contribution is 2.21. The van der Waals surface area contributed by atoms with Crippen LogP contribution < -0.4 is 16.0 Å². The lowest BCUT2D eigenvalue weighted by atomic mass is 10.2. The van der Waals surface area contributed by atoms with Crippen LogP contribution in [0.3, 0.4) is 0 Å². The van der Waals surface area contributed by atoms with Crippen LogP contribution in [0.4, 0.5) is 10.9 Å². The summed E-state index contributed by atoms with van der Waals surface area (Å²) in [6.45, 7) is 1.84. The number of anilines is 2. The highest BCUT2D eigenvalue weighted by molar-refractivity contribution is 7.99. The first-order valence-electron chi connectivity index (χ1n) is 6.04. The monoisotopic (exact) mass is 331 g/mol. The van der Waals surface area contributed by atoms with Gasteiger partial charge in [-0.2, -0.15) is 10.5 Å². The first-order chi connectivity index (χ1) is 10.5. The molecule has 0 saturated heterocycles. The number of aryl methyl sites for hydroxylation is 1. The molecule has 7 nitrogen and oxygen atoms in total. The first kappa shape index (κ1) is 15.8. The van der Waals surface area contributed by atoms with Crippen molar-refractivity contribution in [2.24, 2.45) is 0 Å². The molecule has 0 spiro atoms. The van der Waals surface area contributed by atoms with E-state index in [-0.39, 0.29) is 28.6 Å². The Morgan fingerprint density at radius 3 is 2.82 bits per heavy atom. The Morgan fingerprint density at radius 1 is 1.50 bits per heavy atom. The summed E-state index contributed by atoms with van der Waals surface area (Å²) in [7, 11) is 0. The summed E-state index contributed by atoms with van der Waals surface area (Å²) in [6, 6.07) is 5.27. The fraction of sp³-hybridized carbons (Fsp3) is 0.154. The Bertz CT molecular complexity index is 802. The van der Waals surface area contributed by atoms with Gasteiger partial charge in [-0.25, -0.2) is 9.97 Å². The van der Waals surface area contributed by atoms with Crippen LogP contribution in [0.2, 0.25) is 0 Å². The molecular formula is C13H11N6OS2+. The molecule has 4 N–H and O–H groups in total. The Balaban J connectivity index is 2.05. The topological polar surface area (TPSA) is 130 Å². The fourth-order valence-corrected chi connectivity index (χ4v) is 3.03. The Kier molecular flexibility index (Phi) is 4.94. The number of nitrogen functional groups attached to an aromatic ring is 1. The third kappa shape index (κ3) is 3.73. The number of amides is 1. The maximum Gasteiger partial charge on any atom is 0.289 e. The highest BCUT2D eigenvalue weighted by atomic mass is 32.2. The van der Waals surface area contributed by atoms with Crippen LogP contribution in [0.25, 0.3) is 0 Å². The van der Waals surface area contributed by atoms with E-state index >= 15 is 0 Å². The number of aromatic amines is 1. The number of rotatable bonds is 4. The molecular weight excluding hydrogens is 320 g/mol. The summed E-state index contributed by atoms with van der Waals surface area (Å²) >= 11 is 2.48. The van der Waals surface area contributed by atoms with Gasteiger partial charge >= 0.3 is 0 Å². The third-order valence-corrected chi connectivity index (χ3v) is 4.42. The molecule has 0 saturated carbocycles. The van der Waals surface area contributed by atoms with Crippen LogP contribution in [0.15, 0.2) is 16.5 Å². The van der Waals surface area contributed by atoms with Gasteiger partial charge in [0.2, 0.25) is 5.91 Å². The standard InChI is InChI=1S/C13H10N6OS2/c1-7-5-22-13(17-7)18-10(20)6-21-12-9(4-15)2-8(3-14)11(16)19-12/h2,5H,6H2,1H3,(H2,16,19)(H,17,18,20)/p+1. The second-order valence-corrected chi connectivity index (χ2v) is 6.04. The number of nitriles is 2. The van der Waals surface area contributed by atoms with Crippen molar-refractivity contribution in [2.45, 2.75) is 11.9 Å². The molecule has 0 fully saturated rings. The van der Waals surface area contributed by atoms with E-state index < -0.39 is 0 Å². The van der Waals surface area contributed by atoms with Crippen molar-refractivity contribution in [3.63, 3.8) is 0 Å². The lowest BCUT2D eigenvalue weighted by Crippen LogP contribution is -2.19. The predicted octanol–water partition coefficient (Wildman–Crippen LogP) is 1.32. The van der Waals surface area contributed by atoms with E-state index in [9.17, 15) is 4.79 Å². The molecule has 2 rings (SSSR count). The minimum absolute atomic E-state index is 0.0924.